The van der Waals surface area contributed by atoms with E-state index in [-0.39, 0.29) is 0 Å². The molecule has 0 aromatic carbocycles. The molecule has 0 aliphatic carbocycles. The number of hydrogen-bond donors (Lipinski definition) is 1. The van der Waals surface area contributed by atoms with E-state index in [2.05, 4.69) is 37.7 Å². The van der Waals surface area contributed by atoms with Crippen molar-refractivity contribution in [1.29, 1.82) is 0 Å². The minimum absolute atomic E-state index is 0.546. The Morgan fingerprint density at radius 3 is 2.44 bits per heavy atom. The fraction of sp³-hybridized carbons (Fsp3) is 0.929. The Morgan fingerprint density at radius 1 is 1.44 bits per heavy atom. The highest BCUT2D eigenvalue weighted by molar-refractivity contribution is 5.74. The largest absolute Gasteiger partial charge is 0.481 e. The molecule has 106 valence electrons. The second-order valence-corrected chi connectivity index (χ2v) is 6.32. The zero-order valence-corrected chi connectivity index (χ0v) is 12.4. The molecule has 0 bridgehead atoms. The molecule has 18 heavy (non-hydrogen) atoms. The van der Waals surface area contributed by atoms with Gasteiger partial charge >= 0.3 is 5.97 Å². The van der Waals surface area contributed by atoms with Gasteiger partial charge in [-0.1, -0.05) is 20.3 Å². The molecule has 1 heterocycles. The molecule has 4 heteroatoms. The second-order valence-electron chi connectivity index (χ2n) is 6.32. The minimum Gasteiger partial charge on any atom is -0.481 e. The van der Waals surface area contributed by atoms with E-state index < -0.39 is 11.4 Å². The molecule has 1 aliphatic heterocycles. The summed E-state index contributed by atoms with van der Waals surface area (Å²) in [6.45, 7) is 8.85. The summed E-state index contributed by atoms with van der Waals surface area (Å²) in [7, 11) is 4.21. The van der Waals surface area contributed by atoms with Gasteiger partial charge < -0.3 is 14.9 Å². The van der Waals surface area contributed by atoms with Crippen LogP contribution < -0.4 is 0 Å². The zero-order chi connectivity index (χ0) is 13.9. The standard InChI is InChI=1S/C14H28N2O2/c1-6-7-14(3,13(17)18)10-16-8-11(2)12(9-16)15(4)5/h11-12H,6-10H2,1-5H3,(H,17,18). The first kappa shape index (κ1) is 15.4. The van der Waals surface area contributed by atoms with Crippen molar-refractivity contribution < 1.29 is 9.90 Å². The van der Waals surface area contributed by atoms with Gasteiger partial charge in [-0.3, -0.25) is 4.79 Å². The van der Waals surface area contributed by atoms with Gasteiger partial charge in [0.2, 0.25) is 0 Å². The van der Waals surface area contributed by atoms with E-state index >= 15 is 0 Å². The van der Waals surface area contributed by atoms with E-state index in [4.69, 9.17) is 0 Å². The van der Waals surface area contributed by atoms with Crippen LogP contribution in [0.4, 0.5) is 0 Å². The summed E-state index contributed by atoms with van der Waals surface area (Å²) in [6, 6.07) is 0.546. The Balaban J connectivity index is 2.65. The highest BCUT2D eigenvalue weighted by atomic mass is 16.4. The van der Waals surface area contributed by atoms with Crippen molar-refractivity contribution in [3.05, 3.63) is 0 Å². The smallest absolute Gasteiger partial charge is 0.310 e. The van der Waals surface area contributed by atoms with Crippen LogP contribution in [0.5, 0.6) is 0 Å². The van der Waals surface area contributed by atoms with Crippen molar-refractivity contribution in [1.82, 2.24) is 9.80 Å². The van der Waals surface area contributed by atoms with E-state index in [0.29, 0.717) is 18.5 Å². The number of hydrogen-bond acceptors (Lipinski definition) is 3. The number of rotatable bonds is 6. The maximum absolute atomic E-state index is 11.5. The van der Waals surface area contributed by atoms with Crippen molar-refractivity contribution in [2.75, 3.05) is 33.7 Å². The average molecular weight is 256 g/mol. The summed E-state index contributed by atoms with van der Waals surface area (Å²) in [6.07, 6.45) is 1.67. The van der Waals surface area contributed by atoms with Crippen molar-refractivity contribution >= 4 is 5.97 Å². The summed E-state index contributed by atoms with van der Waals surface area (Å²) < 4.78 is 0. The molecule has 1 saturated heterocycles. The molecule has 1 aliphatic rings. The summed E-state index contributed by atoms with van der Waals surface area (Å²) >= 11 is 0. The van der Waals surface area contributed by atoms with Crippen LogP contribution in [0.2, 0.25) is 0 Å². The van der Waals surface area contributed by atoms with Crippen molar-refractivity contribution in [2.24, 2.45) is 11.3 Å². The first-order chi connectivity index (χ1) is 8.30. The normalized spacial score (nSPS) is 28.6. The summed E-state index contributed by atoms with van der Waals surface area (Å²) in [5.74, 6) is -0.0509. The number of carboxylic acids is 1. The van der Waals surface area contributed by atoms with Gasteiger partial charge in [0, 0.05) is 25.7 Å². The fourth-order valence-corrected chi connectivity index (χ4v) is 3.15. The van der Waals surface area contributed by atoms with Gasteiger partial charge in [0.15, 0.2) is 0 Å². The molecule has 3 unspecified atom stereocenters. The van der Waals surface area contributed by atoms with Crippen LogP contribution in [0.3, 0.4) is 0 Å². The summed E-state index contributed by atoms with van der Waals surface area (Å²) in [5, 5.41) is 9.43. The van der Waals surface area contributed by atoms with E-state index in [9.17, 15) is 9.90 Å². The molecule has 0 aromatic heterocycles. The lowest BCUT2D eigenvalue weighted by atomic mass is 9.85. The molecule has 1 fully saturated rings. The van der Waals surface area contributed by atoms with Crippen molar-refractivity contribution in [3.8, 4) is 0 Å². The third-order valence-electron chi connectivity index (χ3n) is 4.20. The quantitative estimate of drug-likeness (QED) is 0.786. The monoisotopic (exact) mass is 256 g/mol. The first-order valence-corrected chi connectivity index (χ1v) is 6.92. The molecule has 0 spiro atoms. The Hall–Kier alpha value is -0.610. The van der Waals surface area contributed by atoms with Crippen LogP contribution in [0.25, 0.3) is 0 Å². The van der Waals surface area contributed by atoms with Gasteiger partial charge in [-0.05, 0) is 33.4 Å². The number of aliphatic carboxylic acids is 1. The maximum atomic E-state index is 11.5. The molecule has 0 amide bonds. The van der Waals surface area contributed by atoms with Crippen LogP contribution in [0.1, 0.15) is 33.6 Å². The van der Waals surface area contributed by atoms with Crippen molar-refractivity contribution in [2.45, 2.75) is 39.7 Å². The van der Waals surface area contributed by atoms with Crippen LogP contribution >= 0.6 is 0 Å². The molecule has 1 N–H and O–H groups in total. The Morgan fingerprint density at radius 2 is 2.06 bits per heavy atom. The molecular weight excluding hydrogens is 228 g/mol. The van der Waals surface area contributed by atoms with Crippen LogP contribution in [0.15, 0.2) is 0 Å². The highest BCUT2D eigenvalue weighted by Gasteiger charge is 2.38. The van der Waals surface area contributed by atoms with Crippen LogP contribution in [-0.4, -0.2) is 60.6 Å². The van der Waals surface area contributed by atoms with Gasteiger partial charge in [-0.25, -0.2) is 0 Å². The minimum atomic E-state index is -0.662. The van der Waals surface area contributed by atoms with Gasteiger partial charge in [0.1, 0.15) is 0 Å². The van der Waals surface area contributed by atoms with E-state index in [1.165, 1.54) is 0 Å². The highest BCUT2D eigenvalue weighted by Crippen LogP contribution is 2.29. The van der Waals surface area contributed by atoms with E-state index in [1.54, 1.807) is 0 Å². The molecule has 0 aromatic rings. The third kappa shape index (κ3) is 3.45. The molecule has 0 saturated carbocycles. The maximum Gasteiger partial charge on any atom is 0.310 e. The van der Waals surface area contributed by atoms with Crippen molar-refractivity contribution in [3.63, 3.8) is 0 Å². The number of likely N-dealkylation sites (tertiary alicyclic amines) is 1. The predicted molar refractivity (Wildman–Crippen MR) is 73.7 cm³/mol. The number of carbonyl (C=O) groups is 1. The predicted octanol–water partition coefficient (Wildman–Crippen LogP) is 1.76. The van der Waals surface area contributed by atoms with Gasteiger partial charge in [0.05, 0.1) is 5.41 Å². The molecule has 0 radical (unpaired) electrons. The summed E-state index contributed by atoms with van der Waals surface area (Å²) in [5.41, 5.74) is -0.602. The van der Waals surface area contributed by atoms with Gasteiger partial charge in [0.25, 0.3) is 0 Å². The lowest BCUT2D eigenvalue weighted by Gasteiger charge is -2.30. The second kappa shape index (κ2) is 6.02. The average Bonchev–Trinajstić information content (AvgIpc) is 2.59. The van der Waals surface area contributed by atoms with Crippen LogP contribution in [-0.2, 0) is 4.79 Å². The van der Waals surface area contributed by atoms with E-state index in [1.807, 2.05) is 6.92 Å². The number of likely N-dealkylation sites (N-methyl/N-ethyl adjacent to an activating group) is 1. The topological polar surface area (TPSA) is 43.8 Å². The zero-order valence-electron chi connectivity index (χ0n) is 12.4. The Bertz CT molecular complexity index is 294. The lowest BCUT2D eigenvalue weighted by Crippen LogP contribution is -2.41. The molecule has 4 nitrogen and oxygen atoms in total. The van der Waals surface area contributed by atoms with Gasteiger partial charge in [-0.2, -0.15) is 0 Å². The number of carboxylic acid groups (broad SMARTS) is 1. The molecule has 1 rings (SSSR count). The fourth-order valence-electron chi connectivity index (χ4n) is 3.15. The third-order valence-corrected chi connectivity index (χ3v) is 4.20. The molecule has 3 atom stereocenters. The van der Waals surface area contributed by atoms with Gasteiger partial charge in [-0.15, -0.1) is 0 Å². The SMILES string of the molecule is CCCC(C)(CN1CC(C)C(N(C)C)C1)C(=O)O. The molecular formula is C14H28N2O2. The Labute approximate surface area is 111 Å². The summed E-state index contributed by atoms with van der Waals surface area (Å²) in [4.78, 5) is 16.0. The Kier molecular flexibility index (Phi) is 5.17. The van der Waals surface area contributed by atoms with Crippen LogP contribution in [0, 0.1) is 11.3 Å². The lowest BCUT2D eigenvalue weighted by molar-refractivity contribution is -0.149. The number of nitrogens with zero attached hydrogens (tertiary/aromatic N) is 2. The van der Waals surface area contributed by atoms with E-state index in [0.717, 1.165) is 25.9 Å². The first-order valence-electron chi connectivity index (χ1n) is 6.92.